The van der Waals surface area contributed by atoms with Gasteiger partial charge in [0, 0.05) is 6.07 Å². The number of hydrogen-bond donors (Lipinski definition) is 2. The number of hydrogen-bond acceptors (Lipinski definition) is 3. The van der Waals surface area contributed by atoms with Crippen LogP contribution in [0.5, 0.6) is 0 Å². The Hall–Kier alpha value is -1.36. The van der Waals surface area contributed by atoms with Gasteiger partial charge in [-0.05, 0) is 13.3 Å². The zero-order chi connectivity index (χ0) is 11.5. The molecule has 2 rings (SSSR count). The largest absolute Gasteiger partial charge is 0.321 e. The van der Waals surface area contributed by atoms with E-state index >= 15 is 0 Å². The van der Waals surface area contributed by atoms with E-state index in [0.717, 1.165) is 30.0 Å². The first-order chi connectivity index (χ1) is 7.72. The molecule has 0 fully saturated rings. The number of nitrogens with two attached hydrogens (primary N) is 1. The Kier molecular flexibility index (Phi) is 3.24. The molecule has 5 nitrogen and oxygen atoms in total. The first kappa shape index (κ1) is 11.1. The summed E-state index contributed by atoms with van der Waals surface area (Å²) in [6.45, 7) is 4.16. The molecular weight excluding hydrogens is 202 g/mol. The molecule has 2 aromatic heterocycles. The molecule has 3 N–H and O–H groups in total. The number of nitrogens with one attached hydrogen (secondary N) is 1. The minimum atomic E-state index is -0.0281. The maximum Gasteiger partial charge on any atom is 0.169 e. The Morgan fingerprint density at radius 1 is 1.50 bits per heavy atom. The second-order valence-electron chi connectivity index (χ2n) is 4.27. The Morgan fingerprint density at radius 3 is 3.06 bits per heavy atom. The minimum Gasteiger partial charge on any atom is -0.321 e. The Balaban J connectivity index is 2.12. The van der Waals surface area contributed by atoms with Crippen LogP contribution < -0.4 is 5.73 Å². The van der Waals surface area contributed by atoms with Gasteiger partial charge in [0.1, 0.15) is 0 Å². The van der Waals surface area contributed by atoms with Crippen LogP contribution in [0.15, 0.2) is 6.07 Å². The summed E-state index contributed by atoms with van der Waals surface area (Å²) in [5.74, 6) is 0.833. The van der Waals surface area contributed by atoms with Gasteiger partial charge in [-0.1, -0.05) is 26.2 Å². The van der Waals surface area contributed by atoms with Crippen LogP contribution in [0.2, 0.25) is 0 Å². The van der Waals surface area contributed by atoms with Crippen molar-refractivity contribution in [2.75, 3.05) is 0 Å². The predicted octanol–water partition coefficient (Wildman–Crippen LogP) is 1.95. The third-order valence-corrected chi connectivity index (χ3v) is 2.78. The number of unbranched alkanes of at least 4 members (excludes halogenated alkanes) is 2. The van der Waals surface area contributed by atoms with Crippen molar-refractivity contribution >= 4 is 5.65 Å². The standard InChI is InChI=1S/C11H19N5/c1-3-4-5-6-9(12)11-14-13-10-7-8(2)15-16(10)11/h7,9,13H,3-6,12H2,1-2H3. The fourth-order valence-electron chi connectivity index (χ4n) is 1.90. The first-order valence-corrected chi connectivity index (χ1v) is 5.88. The normalized spacial score (nSPS) is 13.4. The van der Waals surface area contributed by atoms with E-state index < -0.39 is 0 Å². The molecule has 88 valence electrons. The molecular formula is C11H19N5. The van der Waals surface area contributed by atoms with Gasteiger partial charge in [-0.15, -0.1) is 0 Å². The second kappa shape index (κ2) is 4.65. The average Bonchev–Trinajstić information content (AvgIpc) is 2.76. The van der Waals surface area contributed by atoms with Gasteiger partial charge < -0.3 is 5.73 Å². The van der Waals surface area contributed by atoms with Crippen molar-refractivity contribution < 1.29 is 0 Å². The zero-order valence-electron chi connectivity index (χ0n) is 9.90. The Labute approximate surface area is 95.0 Å². The van der Waals surface area contributed by atoms with Gasteiger partial charge in [0.15, 0.2) is 11.5 Å². The summed E-state index contributed by atoms with van der Waals surface area (Å²) in [5, 5.41) is 11.5. The van der Waals surface area contributed by atoms with Crippen LogP contribution in [0, 0.1) is 6.92 Å². The zero-order valence-corrected chi connectivity index (χ0v) is 9.90. The van der Waals surface area contributed by atoms with Crippen molar-refractivity contribution in [1.82, 2.24) is 19.8 Å². The van der Waals surface area contributed by atoms with Crippen molar-refractivity contribution in [2.45, 2.75) is 45.6 Å². The summed E-state index contributed by atoms with van der Waals surface area (Å²) in [7, 11) is 0. The van der Waals surface area contributed by atoms with E-state index in [0.29, 0.717) is 0 Å². The number of rotatable bonds is 5. The van der Waals surface area contributed by atoms with E-state index in [1.807, 2.05) is 17.5 Å². The van der Waals surface area contributed by atoms with E-state index in [2.05, 4.69) is 22.2 Å². The van der Waals surface area contributed by atoms with Crippen molar-refractivity contribution in [2.24, 2.45) is 5.73 Å². The molecule has 0 aliphatic rings. The summed E-state index contributed by atoms with van der Waals surface area (Å²) < 4.78 is 1.81. The minimum absolute atomic E-state index is 0.0281. The molecule has 16 heavy (non-hydrogen) atoms. The highest BCUT2D eigenvalue weighted by molar-refractivity contribution is 5.38. The van der Waals surface area contributed by atoms with E-state index in [9.17, 15) is 0 Å². The molecule has 2 aromatic rings. The van der Waals surface area contributed by atoms with Crippen LogP contribution in [0.25, 0.3) is 5.65 Å². The lowest BCUT2D eigenvalue weighted by atomic mass is 10.1. The monoisotopic (exact) mass is 221 g/mol. The highest BCUT2D eigenvalue weighted by Gasteiger charge is 2.14. The molecule has 0 radical (unpaired) electrons. The molecule has 2 heterocycles. The smallest absolute Gasteiger partial charge is 0.169 e. The molecule has 0 saturated carbocycles. The van der Waals surface area contributed by atoms with Gasteiger partial charge in [0.05, 0.1) is 11.7 Å². The van der Waals surface area contributed by atoms with Crippen LogP contribution in [0.1, 0.15) is 50.2 Å². The maximum absolute atomic E-state index is 6.11. The predicted molar refractivity (Wildman–Crippen MR) is 63.1 cm³/mol. The number of fused-ring (bicyclic) bond motifs is 1. The molecule has 0 aliphatic heterocycles. The van der Waals surface area contributed by atoms with Gasteiger partial charge in [-0.25, -0.2) is 0 Å². The quantitative estimate of drug-likeness (QED) is 0.758. The van der Waals surface area contributed by atoms with Gasteiger partial charge in [-0.2, -0.15) is 14.7 Å². The summed E-state index contributed by atoms with van der Waals surface area (Å²) in [4.78, 5) is 0. The summed E-state index contributed by atoms with van der Waals surface area (Å²) in [6.07, 6.45) is 4.54. The summed E-state index contributed by atoms with van der Waals surface area (Å²) >= 11 is 0. The lowest BCUT2D eigenvalue weighted by Gasteiger charge is -2.07. The van der Waals surface area contributed by atoms with Gasteiger partial charge in [0.2, 0.25) is 0 Å². The van der Waals surface area contributed by atoms with Gasteiger partial charge in [-0.3, -0.25) is 5.10 Å². The van der Waals surface area contributed by atoms with Crippen molar-refractivity contribution in [3.63, 3.8) is 0 Å². The highest BCUT2D eigenvalue weighted by Crippen LogP contribution is 2.16. The maximum atomic E-state index is 6.11. The van der Waals surface area contributed by atoms with Gasteiger partial charge >= 0.3 is 0 Å². The SMILES string of the molecule is CCCCCC(N)c1n[nH]c2cc(C)nn12. The van der Waals surface area contributed by atoms with Crippen LogP contribution in [0.3, 0.4) is 0 Å². The number of aryl methyl sites for hydroxylation is 1. The summed E-state index contributed by atoms with van der Waals surface area (Å²) in [6, 6.07) is 1.94. The number of aromatic nitrogens is 4. The van der Waals surface area contributed by atoms with Crippen molar-refractivity contribution in [3.8, 4) is 0 Å². The van der Waals surface area contributed by atoms with Crippen LogP contribution in [0.4, 0.5) is 0 Å². The number of H-pyrrole nitrogens is 1. The lowest BCUT2D eigenvalue weighted by molar-refractivity contribution is 0.546. The molecule has 0 amide bonds. The third-order valence-electron chi connectivity index (χ3n) is 2.78. The number of aromatic amines is 1. The Morgan fingerprint density at radius 2 is 2.31 bits per heavy atom. The topological polar surface area (TPSA) is 72.0 Å². The molecule has 0 aliphatic carbocycles. The third kappa shape index (κ3) is 2.09. The highest BCUT2D eigenvalue weighted by atomic mass is 15.4. The molecule has 0 aromatic carbocycles. The average molecular weight is 221 g/mol. The van der Waals surface area contributed by atoms with E-state index in [1.165, 1.54) is 12.8 Å². The fourth-order valence-corrected chi connectivity index (χ4v) is 1.90. The van der Waals surface area contributed by atoms with Crippen LogP contribution in [-0.4, -0.2) is 19.8 Å². The molecule has 5 heteroatoms. The molecule has 1 atom stereocenters. The molecule has 1 unspecified atom stereocenters. The van der Waals surface area contributed by atoms with Crippen molar-refractivity contribution in [1.29, 1.82) is 0 Å². The molecule has 0 spiro atoms. The Bertz CT molecular complexity index is 456. The van der Waals surface area contributed by atoms with Gasteiger partial charge in [0.25, 0.3) is 0 Å². The number of nitrogens with zero attached hydrogens (tertiary/aromatic N) is 3. The lowest BCUT2D eigenvalue weighted by Crippen LogP contribution is -2.14. The molecule has 0 bridgehead atoms. The summed E-state index contributed by atoms with van der Waals surface area (Å²) in [5.41, 5.74) is 8.01. The van der Waals surface area contributed by atoms with Crippen molar-refractivity contribution in [3.05, 3.63) is 17.6 Å². The van der Waals surface area contributed by atoms with E-state index in [-0.39, 0.29) is 6.04 Å². The van der Waals surface area contributed by atoms with E-state index in [4.69, 9.17) is 5.73 Å². The molecule has 0 saturated heterocycles. The second-order valence-corrected chi connectivity index (χ2v) is 4.27. The van der Waals surface area contributed by atoms with E-state index in [1.54, 1.807) is 0 Å². The van der Waals surface area contributed by atoms with Crippen LogP contribution >= 0.6 is 0 Å². The fraction of sp³-hybridized carbons (Fsp3) is 0.636. The van der Waals surface area contributed by atoms with Crippen LogP contribution in [-0.2, 0) is 0 Å². The first-order valence-electron chi connectivity index (χ1n) is 5.88.